The predicted molar refractivity (Wildman–Crippen MR) is 106 cm³/mol. The Labute approximate surface area is 166 Å². The lowest BCUT2D eigenvalue weighted by Crippen LogP contribution is -2.36. The number of hydrogen-bond donors (Lipinski definition) is 2. The summed E-state index contributed by atoms with van der Waals surface area (Å²) in [4.78, 5) is 36.2. The van der Waals surface area contributed by atoms with Crippen LogP contribution in [-0.2, 0) is 9.59 Å². The number of aryl methyl sites for hydroxylation is 1. The molecule has 2 amide bonds. The lowest BCUT2D eigenvalue weighted by molar-refractivity contribution is -0.385. The minimum Gasteiger partial charge on any atom is -0.490 e. The number of anilines is 2. The lowest BCUT2D eigenvalue weighted by Gasteiger charge is -2.17. The second-order valence-corrected chi connectivity index (χ2v) is 6.38. The van der Waals surface area contributed by atoms with E-state index in [1.807, 2.05) is 0 Å². The van der Waals surface area contributed by atoms with Crippen LogP contribution in [0, 0.1) is 22.9 Å². The summed E-state index contributed by atoms with van der Waals surface area (Å²) in [5.74, 6) is -1.26. The smallest absolute Gasteiger partial charge is 0.311 e. The number of halogens is 1. The molecule has 2 aromatic carbocycles. The van der Waals surface area contributed by atoms with Gasteiger partial charge >= 0.3 is 5.69 Å². The molecule has 154 valence electrons. The van der Waals surface area contributed by atoms with Crippen LogP contribution in [0.3, 0.4) is 0 Å². The molecule has 29 heavy (non-hydrogen) atoms. The molecule has 2 aromatic rings. The number of amides is 2. The molecule has 0 spiro atoms. The van der Waals surface area contributed by atoms with Crippen LogP contribution >= 0.6 is 0 Å². The first-order valence-corrected chi connectivity index (χ1v) is 8.56. The van der Waals surface area contributed by atoms with E-state index in [1.165, 1.54) is 42.3 Å². The van der Waals surface area contributed by atoms with Crippen molar-refractivity contribution in [3.05, 3.63) is 57.9 Å². The topological polar surface area (TPSA) is 114 Å². The highest BCUT2D eigenvalue weighted by Gasteiger charge is 2.19. The average Bonchev–Trinajstić information content (AvgIpc) is 2.62. The fourth-order valence-corrected chi connectivity index (χ4v) is 2.62. The second kappa shape index (κ2) is 9.60. The molecule has 2 N–H and O–H groups in total. The Hall–Kier alpha value is -3.53. The third kappa shape index (κ3) is 6.25. The van der Waals surface area contributed by atoms with Gasteiger partial charge in [0, 0.05) is 23.5 Å². The van der Waals surface area contributed by atoms with Crippen molar-refractivity contribution in [1.82, 2.24) is 4.90 Å². The number of hydrogen-bond acceptors (Lipinski definition) is 6. The minimum absolute atomic E-state index is 0.0266. The molecule has 0 aromatic heterocycles. The highest BCUT2D eigenvalue weighted by molar-refractivity contribution is 5.95. The zero-order chi connectivity index (χ0) is 21.6. The van der Waals surface area contributed by atoms with Gasteiger partial charge in [-0.05, 0) is 37.7 Å². The molecular weight excluding hydrogens is 383 g/mol. The highest BCUT2D eigenvalue weighted by atomic mass is 19.1. The van der Waals surface area contributed by atoms with Crippen molar-refractivity contribution >= 4 is 28.9 Å². The Bertz CT molecular complexity index is 935. The van der Waals surface area contributed by atoms with Crippen LogP contribution in [0.5, 0.6) is 5.75 Å². The van der Waals surface area contributed by atoms with Crippen molar-refractivity contribution in [1.29, 1.82) is 0 Å². The molecule has 9 nitrogen and oxygen atoms in total. The van der Waals surface area contributed by atoms with Crippen LogP contribution in [0.2, 0.25) is 0 Å². The number of likely N-dealkylation sites (N-methyl/N-ethyl adjacent to an activating group) is 1. The van der Waals surface area contributed by atoms with E-state index in [-0.39, 0.29) is 24.5 Å². The summed E-state index contributed by atoms with van der Waals surface area (Å²) < 4.78 is 18.2. The maximum Gasteiger partial charge on any atom is 0.311 e. The maximum absolute atomic E-state index is 13.2. The lowest BCUT2D eigenvalue weighted by atomic mass is 10.1. The molecule has 0 aliphatic carbocycles. The van der Waals surface area contributed by atoms with Gasteiger partial charge in [0.1, 0.15) is 5.82 Å². The van der Waals surface area contributed by atoms with E-state index in [4.69, 9.17) is 4.74 Å². The molecule has 0 aliphatic rings. The van der Waals surface area contributed by atoms with Crippen molar-refractivity contribution in [2.45, 2.75) is 6.92 Å². The zero-order valence-corrected chi connectivity index (χ0v) is 16.2. The number of nitro groups is 1. The molecule has 0 unspecified atom stereocenters. The molecule has 0 atom stereocenters. The molecule has 0 saturated heterocycles. The molecule has 0 aliphatic heterocycles. The van der Waals surface area contributed by atoms with Crippen LogP contribution < -0.4 is 15.4 Å². The highest BCUT2D eigenvalue weighted by Crippen LogP contribution is 2.32. The quantitative estimate of drug-likeness (QED) is 0.516. The van der Waals surface area contributed by atoms with E-state index in [0.29, 0.717) is 16.9 Å². The SMILES string of the molecule is COc1cc(NC(=O)CN(C)CC(=O)Nc2cccc(F)c2)c(C)cc1[N+](=O)[O-]. The summed E-state index contributed by atoms with van der Waals surface area (Å²) in [6.45, 7) is 1.43. The molecule has 0 saturated carbocycles. The predicted octanol–water partition coefficient (Wildman–Crippen LogP) is 2.56. The van der Waals surface area contributed by atoms with Gasteiger partial charge in [-0.25, -0.2) is 4.39 Å². The number of benzene rings is 2. The van der Waals surface area contributed by atoms with E-state index in [2.05, 4.69) is 10.6 Å². The van der Waals surface area contributed by atoms with Crippen molar-refractivity contribution in [2.24, 2.45) is 0 Å². The van der Waals surface area contributed by atoms with E-state index in [9.17, 15) is 24.1 Å². The number of rotatable bonds is 8. The summed E-state index contributed by atoms with van der Waals surface area (Å²) >= 11 is 0. The van der Waals surface area contributed by atoms with Gasteiger partial charge in [0.2, 0.25) is 11.8 Å². The second-order valence-electron chi connectivity index (χ2n) is 6.38. The molecule has 0 bridgehead atoms. The summed E-state index contributed by atoms with van der Waals surface area (Å²) in [5, 5.41) is 16.2. The fraction of sp³-hybridized carbons (Fsp3) is 0.263. The monoisotopic (exact) mass is 404 g/mol. The fourth-order valence-electron chi connectivity index (χ4n) is 2.62. The number of ether oxygens (including phenoxy) is 1. The van der Waals surface area contributed by atoms with E-state index in [0.717, 1.165) is 0 Å². The normalized spacial score (nSPS) is 10.5. The van der Waals surface area contributed by atoms with Crippen molar-refractivity contribution in [3.63, 3.8) is 0 Å². The first kappa shape index (κ1) is 21.8. The van der Waals surface area contributed by atoms with Gasteiger partial charge in [0.05, 0.1) is 25.1 Å². The Kier molecular flexibility index (Phi) is 7.21. The van der Waals surface area contributed by atoms with E-state index >= 15 is 0 Å². The number of nitrogens with zero attached hydrogens (tertiary/aromatic N) is 2. The third-order valence-corrected chi connectivity index (χ3v) is 3.93. The Morgan fingerprint density at radius 1 is 1.17 bits per heavy atom. The summed E-state index contributed by atoms with van der Waals surface area (Å²) in [6, 6.07) is 8.17. The Morgan fingerprint density at radius 2 is 1.83 bits per heavy atom. The molecule has 10 heteroatoms. The maximum atomic E-state index is 13.2. The van der Waals surface area contributed by atoms with Crippen molar-refractivity contribution in [3.8, 4) is 5.75 Å². The molecule has 2 rings (SSSR count). The first-order valence-electron chi connectivity index (χ1n) is 8.56. The largest absolute Gasteiger partial charge is 0.490 e. The van der Waals surface area contributed by atoms with Crippen LogP contribution in [0.4, 0.5) is 21.5 Å². The summed E-state index contributed by atoms with van der Waals surface area (Å²) in [7, 11) is 2.88. The van der Waals surface area contributed by atoms with Gasteiger partial charge in [-0.1, -0.05) is 6.07 Å². The van der Waals surface area contributed by atoms with E-state index in [1.54, 1.807) is 20.0 Å². The van der Waals surface area contributed by atoms with Gasteiger partial charge < -0.3 is 15.4 Å². The summed E-state index contributed by atoms with van der Waals surface area (Å²) in [6.07, 6.45) is 0. The van der Waals surface area contributed by atoms with Crippen LogP contribution in [0.1, 0.15) is 5.56 Å². The van der Waals surface area contributed by atoms with Crippen LogP contribution in [-0.4, -0.2) is 48.9 Å². The number of nitro benzene ring substituents is 1. The Balaban J connectivity index is 1.94. The van der Waals surface area contributed by atoms with E-state index < -0.39 is 22.6 Å². The number of methoxy groups -OCH3 is 1. The van der Waals surface area contributed by atoms with Gasteiger partial charge in [-0.2, -0.15) is 0 Å². The molecule has 0 radical (unpaired) electrons. The molecule has 0 heterocycles. The summed E-state index contributed by atoms with van der Waals surface area (Å²) in [5.41, 5.74) is 0.989. The number of nitrogens with one attached hydrogen (secondary N) is 2. The van der Waals surface area contributed by atoms with Gasteiger partial charge in [-0.3, -0.25) is 24.6 Å². The number of carbonyl (C=O) groups excluding carboxylic acids is 2. The van der Waals surface area contributed by atoms with Crippen LogP contribution in [0.15, 0.2) is 36.4 Å². The van der Waals surface area contributed by atoms with Crippen LogP contribution in [0.25, 0.3) is 0 Å². The van der Waals surface area contributed by atoms with Gasteiger partial charge in [0.25, 0.3) is 0 Å². The third-order valence-electron chi connectivity index (χ3n) is 3.93. The van der Waals surface area contributed by atoms with Gasteiger partial charge in [0.15, 0.2) is 5.75 Å². The number of carbonyl (C=O) groups is 2. The van der Waals surface area contributed by atoms with Gasteiger partial charge in [-0.15, -0.1) is 0 Å². The average molecular weight is 404 g/mol. The standard InChI is InChI=1S/C19H21FN4O5/c1-12-7-16(24(27)28)17(29-3)9-15(12)22-19(26)11-23(2)10-18(25)21-14-6-4-5-13(20)8-14/h4-9H,10-11H2,1-3H3,(H,21,25)(H,22,26). The molecular formula is C19H21FN4O5. The Morgan fingerprint density at radius 3 is 2.41 bits per heavy atom. The molecule has 0 fully saturated rings. The van der Waals surface area contributed by atoms with Crippen molar-refractivity contribution in [2.75, 3.05) is 37.9 Å². The minimum atomic E-state index is -0.567. The van der Waals surface area contributed by atoms with Crippen molar-refractivity contribution < 1.29 is 23.6 Å². The first-order chi connectivity index (χ1) is 13.7. The zero-order valence-electron chi connectivity index (χ0n) is 16.2.